The van der Waals surface area contributed by atoms with Crippen molar-refractivity contribution in [2.75, 3.05) is 36.0 Å². The van der Waals surface area contributed by atoms with Crippen LogP contribution in [0.25, 0.3) is 44.5 Å². The first-order valence-electron chi connectivity index (χ1n) is 13.9. The molecule has 206 valence electrons. The fourth-order valence-corrected chi connectivity index (χ4v) is 5.57. The summed E-state index contributed by atoms with van der Waals surface area (Å²) >= 11 is 0. The highest BCUT2D eigenvalue weighted by Crippen LogP contribution is 2.32. The van der Waals surface area contributed by atoms with Gasteiger partial charge < -0.3 is 18.6 Å². The second-order valence-corrected chi connectivity index (χ2v) is 9.89. The minimum Gasteiger partial charge on any atom is -0.422 e. The van der Waals surface area contributed by atoms with E-state index in [0.29, 0.717) is 33.7 Å². The van der Waals surface area contributed by atoms with Gasteiger partial charge in [0.1, 0.15) is 11.2 Å². The van der Waals surface area contributed by atoms with Crippen molar-refractivity contribution in [1.29, 1.82) is 0 Å². The number of pyridine rings is 1. The molecule has 2 aromatic carbocycles. The third kappa shape index (κ3) is 4.66. The summed E-state index contributed by atoms with van der Waals surface area (Å²) in [6, 6.07) is 17.2. The number of hydrogen-bond donors (Lipinski definition) is 0. The van der Waals surface area contributed by atoms with E-state index in [4.69, 9.17) is 13.8 Å². The molecule has 0 aliphatic rings. The van der Waals surface area contributed by atoms with E-state index >= 15 is 0 Å². The van der Waals surface area contributed by atoms with Gasteiger partial charge >= 0.3 is 11.3 Å². The topological polar surface area (TPSA) is 79.8 Å². The molecule has 0 spiro atoms. The second kappa shape index (κ2) is 11.0. The van der Waals surface area contributed by atoms with Crippen LogP contribution in [0.4, 0.5) is 11.4 Å². The van der Waals surface area contributed by atoms with Crippen molar-refractivity contribution >= 4 is 33.3 Å². The van der Waals surface area contributed by atoms with Crippen LogP contribution in [0.3, 0.4) is 0 Å². The van der Waals surface area contributed by atoms with Crippen molar-refractivity contribution in [1.82, 2.24) is 4.98 Å². The van der Waals surface area contributed by atoms with Crippen LogP contribution >= 0.6 is 0 Å². The Labute approximate surface area is 233 Å². The maximum atomic E-state index is 13.3. The molecule has 7 nitrogen and oxygen atoms in total. The van der Waals surface area contributed by atoms with Crippen molar-refractivity contribution in [2.45, 2.75) is 41.5 Å². The molecule has 0 aliphatic carbocycles. The SMILES string of the molecule is CCN(CC)c1ccc2c(C)c(-c3cccc(-c4c(C)c5ccc(N(CC)CC)cc5oc4=O)n3)c(=O)oc2c1. The van der Waals surface area contributed by atoms with Crippen LogP contribution in [-0.4, -0.2) is 31.2 Å². The molecule has 3 heterocycles. The molecule has 0 bridgehead atoms. The fraction of sp³-hybridized carbons (Fsp3) is 0.303. The standard InChI is InChI=1S/C33H35N3O4/c1-7-35(8-2)22-14-16-24-20(5)30(32(37)39-28(24)18-22)26-12-11-13-27(34-26)31-21(6)25-17-15-23(36(9-3)10-4)19-29(25)40-33(31)38/h11-19H,7-10H2,1-6H3. The molecule has 5 aromatic rings. The van der Waals surface area contributed by atoms with Crippen molar-refractivity contribution in [2.24, 2.45) is 0 Å². The largest absolute Gasteiger partial charge is 0.422 e. The van der Waals surface area contributed by atoms with E-state index in [1.54, 1.807) is 18.2 Å². The average molecular weight is 538 g/mol. The highest BCUT2D eigenvalue weighted by molar-refractivity contribution is 5.90. The molecule has 0 saturated heterocycles. The first kappa shape index (κ1) is 27.2. The van der Waals surface area contributed by atoms with E-state index in [-0.39, 0.29) is 0 Å². The zero-order chi connectivity index (χ0) is 28.6. The average Bonchev–Trinajstić information content (AvgIpc) is 2.94. The Hall–Kier alpha value is -4.39. The predicted octanol–water partition coefficient (Wildman–Crippen LogP) is 6.94. The van der Waals surface area contributed by atoms with Gasteiger partial charge in [0.15, 0.2) is 0 Å². The van der Waals surface area contributed by atoms with Gasteiger partial charge in [-0.15, -0.1) is 0 Å². The van der Waals surface area contributed by atoms with Crippen molar-refractivity contribution in [3.8, 4) is 22.5 Å². The molecule has 0 fully saturated rings. The Morgan fingerprint density at radius 2 is 1.02 bits per heavy atom. The Kier molecular flexibility index (Phi) is 7.48. The van der Waals surface area contributed by atoms with Crippen molar-refractivity contribution in [3.05, 3.63) is 86.6 Å². The lowest BCUT2D eigenvalue weighted by Crippen LogP contribution is -2.21. The predicted molar refractivity (Wildman–Crippen MR) is 164 cm³/mol. The number of hydrogen-bond acceptors (Lipinski definition) is 7. The molecule has 0 atom stereocenters. The third-order valence-electron chi connectivity index (χ3n) is 7.82. The van der Waals surface area contributed by atoms with Crippen molar-refractivity contribution in [3.63, 3.8) is 0 Å². The fourth-order valence-electron chi connectivity index (χ4n) is 5.57. The minimum atomic E-state index is -0.461. The van der Waals surface area contributed by atoms with E-state index in [9.17, 15) is 9.59 Å². The quantitative estimate of drug-likeness (QED) is 0.198. The monoisotopic (exact) mass is 537 g/mol. The summed E-state index contributed by atoms with van der Waals surface area (Å²) < 4.78 is 11.6. The number of aryl methyl sites for hydroxylation is 2. The summed E-state index contributed by atoms with van der Waals surface area (Å²) in [4.78, 5) is 35.7. The zero-order valence-electron chi connectivity index (χ0n) is 24.0. The number of rotatable bonds is 8. The highest BCUT2D eigenvalue weighted by atomic mass is 16.4. The van der Waals surface area contributed by atoms with Crippen LogP contribution in [0.1, 0.15) is 38.8 Å². The van der Waals surface area contributed by atoms with Gasteiger partial charge in [0, 0.05) is 60.5 Å². The molecule has 0 radical (unpaired) electrons. The molecule has 5 rings (SSSR count). The smallest absolute Gasteiger partial charge is 0.346 e. The van der Waals surface area contributed by atoms with Gasteiger partial charge in [0.05, 0.1) is 22.5 Å². The second-order valence-electron chi connectivity index (χ2n) is 9.89. The molecule has 0 N–H and O–H groups in total. The maximum absolute atomic E-state index is 13.3. The summed E-state index contributed by atoms with van der Waals surface area (Å²) in [5.41, 5.74) is 5.43. The number of anilines is 2. The molecule has 0 unspecified atom stereocenters. The molecular weight excluding hydrogens is 502 g/mol. The summed E-state index contributed by atoms with van der Waals surface area (Å²) in [7, 11) is 0. The van der Waals surface area contributed by atoms with Crippen LogP contribution in [0.5, 0.6) is 0 Å². The zero-order valence-corrected chi connectivity index (χ0v) is 24.0. The number of nitrogens with zero attached hydrogens (tertiary/aromatic N) is 3. The van der Waals surface area contributed by atoms with Gasteiger partial charge in [-0.3, -0.25) is 0 Å². The van der Waals surface area contributed by atoms with Crippen molar-refractivity contribution < 1.29 is 8.83 Å². The molecule has 3 aromatic heterocycles. The molecule has 0 saturated carbocycles. The molecular formula is C33H35N3O4. The van der Waals surface area contributed by atoms with Crippen LogP contribution < -0.4 is 21.1 Å². The van der Waals surface area contributed by atoms with E-state index in [1.165, 1.54) is 0 Å². The lowest BCUT2D eigenvalue weighted by Gasteiger charge is -2.21. The third-order valence-corrected chi connectivity index (χ3v) is 7.82. The first-order valence-corrected chi connectivity index (χ1v) is 13.9. The van der Waals surface area contributed by atoms with Crippen LogP contribution in [0, 0.1) is 13.8 Å². The normalized spacial score (nSPS) is 11.3. The number of benzene rings is 2. The van der Waals surface area contributed by atoms with E-state index in [0.717, 1.165) is 59.5 Å². The van der Waals surface area contributed by atoms with E-state index < -0.39 is 11.3 Å². The van der Waals surface area contributed by atoms with E-state index in [2.05, 4.69) is 37.5 Å². The van der Waals surface area contributed by atoms with Gasteiger partial charge in [-0.25, -0.2) is 14.6 Å². The Balaban J connectivity index is 1.62. The summed E-state index contributed by atoms with van der Waals surface area (Å²) in [5.74, 6) is 0. The van der Waals surface area contributed by atoms with Gasteiger partial charge in [-0.1, -0.05) is 6.07 Å². The number of fused-ring (bicyclic) bond motifs is 2. The molecule has 0 amide bonds. The lowest BCUT2D eigenvalue weighted by atomic mass is 10.0. The summed E-state index contributed by atoms with van der Waals surface area (Å²) in [6.45, 7) is 15.6. The van der Waals surface area contributed by atoms with Crippen LogP contribution in [-0.2, 0) is 0 Å². The highest BCUT2D eigenvalue weighted by Gasteiger charge is 2.19. The number of aromatic nitrogens is 1. The van der Waals surface area contributed by atoms with Crippen LogP contribution in [0.2, 0.25) is 0 Å². The Morgan fingerprint density at radius 1 is 0.625 bits per heavy atom. The van der Waals surface area contributed by atoms with Gasteiger partial charge in [-0.05, 0) is 89.1 Å². The maximum Gasteiger partial charge on any atom is 0.346 e. The van der Waals surface area contributed by atoms with Gasteiger partial charge in [-0.2, -0.15) is 0 Å². The van der Waals surface area contributed by atoms with E-state index in [1.807, 2.05) is 50.2 Å². The molecule has 7 heteroatoms. The summed E-state index contributed by atoms with van der Waals surface area (Å²) in [5, 5.41) is 1.70. The Morgan fingerprint density at radius 3 is 1.40 bits per heavy atom. The first-order chi connectivity index (χ1) is 19.3. The Bertz CT molecular complexity index is 1700. The molecule has 0 aliphatic heterocycles. The lowest BCUT2D eigenvalue weighted by molar-refractivity contribution is 0.561. The summed E-state index contributed by atoms with van der Waals surface area (Å²) in [6.07, 6.45) is 0. The minimum absolute atomic E-state index is 0.386. The van der Waals surface area contributed by atoms with Gasteiger partial charge in [0.2, 0.25) is 0 Å². The van der Waals surface area contributed by atoms with Crippen LogP contribution in [0.15, 0.2) is 73.0 Å². The van der Waals surface area contributed by atoms with Gasteiger partial charge in [0.25, 0.3) is 0 Å². The molecule has 40 heavy (non-hydrogen) atoms.